The minimum absolute atomic E-state index is 0.0778. The standard InChI is InChI=1S/C23H23BrN2O3/c1-16-3-6-18(7-4-16)25-14-17-5-12-22(21(24)13-17)29-15-23(27)26-19-8-10-20(28-2)11-9-19/h3-13,25H,14-15H2,1-2H3,(H,26,27). The summed E-state index contributed by atoms with van der Waals surface area (Å²) < 4.78 is 11.5. The molecule has 1 amide bonds. The van der Waals surface area contributed by atoms with E-state index in [-0.39, 0.29) is 12.5 Å². The second kappa shape index (κ2) is 9.98. The lowest BCUT2D eigenvalue weighted by molar-refractivity contribution is -0.118. The normalized spacial score (nSPS) is 10.3. The molecule has 3 aromatic carbocycles. The van der Waals surface area contributed by atoms with Crippen LogP contribution in [0.25, 0.3) is 0 Å². The van der Waals surface area contributed by atoms with Gasteiger partial charge in [-0.1, -0.05) is 23.8 Å². The molecule has 0 saturated heterocycles. The van der Waals surface area contributed by atoms with Gasteiger partial charge in [-0.25, -0.2) is 0 Å². The average Bonchev–Trinajstić information content (AvgIpc) is 2.73. The number of ether oxygens (including phenoxy) is 2. The maximum Gasteiger partial charge on any atom is 0.262 e. The molecule has 0 aliphatic heterocycles. The fraction of sp³-hybridized carbons (Fsp3) is 0.174. The van der Waals surface area contributed by atoms with E-state index in [9.17, 15) is 4.79 Å². The first-order valence-corrected chi connectivity index (χ1v) is 9.98. The third-order valence-electron chi connectivity index (χ3n) is 4.28. The minimum Gasteiger partial charge on any atom is -0.497 e. The summed E-state index contributed by atoms with van der Waals surface area (Å²) in [6.45, 7) is 2.68. The summed E-state index contributed by atoms with van der Waals surface area (Å²) in [4.78, 5) is 12.1. The maximum atomic E-state index is 12.1. The van der Waals surface area contributed by atoms with Crippen LogP contribution in [0.1, 0.15) is 11.1 Å². The second-order valence-electron chi connectivity index (χ2n) is 6.55. The predicted octanol–water partition coefficient (Wildman–Crippen LogP) is 5.40. The Morgan fingerprint density at radius 3 is 2.31 bits per heavy atom. The van der Waals surface area contributed by atoms with Crippen LogP contribution < -0.4 is 20.1 Å². The Bertz CT molecular complexity index is 957. The highest BCUT2D eigenvalue weighted by atomic mass is 79.9. The average molecular weight is 455 g/mol. The lowest BCUT2D eigenvalue weighted by atomic mass is 10.2. The Labute approximate surface area is 179 Å². The van der Waals surface area contributed by atoms with Gasteiger partial charge in [0, 0.05) is 17.9 Å². The number of hydrogen-bond acceptors (Lipinski definition) is 4. The quantitative estimate of drug-likeness (QED) is 0.478. The van der Waals surface area contributed by atoms with E-state index in [2.05, 4.69) is 57.8 Å². The molecule has 0 unspecified atom stereocenters. The van der Waals surface area contributed by atoms with Crippen molar-refractivity contribution in [1.29, 1.82) is 0 Å². The van der Waals surface area contributed by atoms with Crippen molar-refractivity contribution in [3.63, 3.8) is 0 Å². The van der Waals surface area contributed by atoms with E-state index in [0.717, 1.165) is 21.5 Å². The van der Waals surface area contributed by atoms with Crippen molar-refractivity contribution < 1.29 is 14.3 Å². The Kier molecular flexibility index (Phi) is 7.14. The number of anilines is 2. The smallest absolute Gasteiger partial charge is 0.262 e. The number of rotatable bonds is 8. The van der Waals surface area contributed by atoms with Gasteiger partial charge in [-0.2, -0.15) is 0 Å². The Morgan fingerprint density at radius 2 is 1.66 bits per heavy atom. The molecular weight excluding hydrogens is 432 g/mol. The van der Waals surface area contributed by atoms with E-state index in [1.165, 1.54) is 5.56 Å². The van der Waals surface area contributed by atoms with Gasteiger partial charge in [-0.05, 0) is 76.9 Å². The highest BCUT2D eigenvalue weighted by molar-refractivity contribution is 9.10. The van der Waals surface area contributed by atoms with Crippen LogP contribution in [0.3, 0.4) is 0 Å². The van der Waals surface area contributed by atoms with Gasteiger partial charge in [0.15, 0.2) is 6.61 Å². The van der Waals surface area contributed by atoms with Crippen LogP contribution >= 0.6 is 15.9 Å². The molecule has 0 aliphatic rings. The van der Waals surface area contributed by atoms with E-state index >= 15 is 0 Å². The Hall–Kier alpha value is -2.99. The summed E-state index contributed by atoms with van der Waals surface area (Å²) in [6.07, 6.45) is 0. The summed E-state index contributed by atoms with van der Waals surface area (Å²) in [7, 11) is 1.60. The molecule has 0 heterocycles. The molecule has 5 nitrogen and oxygen atoms in total. The molecule has 29 heavy (non-hydrogen) atoms. The summed E-state index contributed by atoms with van der Waals surface area (Å²) >= 11 is 3.52. The SMILES string of the molecule is COc1ccc(NC(=O)COc2ccc(CNc3ccc(C)cc3)cc2Br)cc1. The van der Waals surface area contributed by atoms with Crippen LogP contribution in [0, 0.1) is 6.92 Å². The molecule has 0 spiro atoms. The van der Waals surface area contributed by atoms with Crippen molar-refractivity contribution >= 4 is 33.2 Å². The third-order valence-corrected chi connectivity index (χ3v) is 4.90. The van der Waals surface area contributed by atoms with Crippen molar-refractivity contribution in [3.8, 4) is 11.5 Å². The first kappa shape index (κ1) is 20.7. The molecule has 0 aliphatic carbocycles. The number of benzene rings is 3. The molecule has 150 valence electrons. The molecule has 3 rings (SSSR count). The minimum atomic E-state index is -0.229. The monoisotopic (exact) mass is 454 g/mol. The van der Waals surface area contributed by atoms with Crippen LogP contribution in [0.5, 0.6) is 11.5 Å². The van der Waals surface area contributed by atoms with Crippen molar-refractivity contribution in [2.75, 3.05) is 24.4 Å². The van der Waals surface area contributed by atoms with Gasteiger partial charge in [0.25, 0.3) is 5.91 Å². The Balaban J connectivity index is 1.50. The van der Waals surface area contributed by atoms with Crippen molar-refractivity contribution in [2.45, 2.75) is 13.5 Å². The summed E-state index contributed by atoms with van der Waals surface area (Å²) in [5.41, 5.74) is 4.10. The number of aryl methyl sites for hydroxylation is 1. The summed E-state index contributed by atoms with van der Waals surface area (Å²) in [6, 6.07) is 21.2. The molecular formula is C23H23BrN2O3. The topological polar surface area (TPSA) is 59.6 Å². The number of carbonyl (C=O) groups is 1. The van der Waals surface area contributed by atoms with Gasteiger partial charge in [0.2, 0.25) is 0 Å². The van der Waals surface area contributed by atoms with Gasteiger partial charge < -0.3 is 20.1 Å². The zero-order chi connectivity index (χ0) is 20.6. The lowest BCUT2D eigenvalue weighted by Gasteiger charge is -2.11. The first-order chi connectivity index (χ1) is 14.0. The van der Waals surface area contributed by atoms with Crippen molar-refractivity contribution in [1.82, 2.24) is 0 Å². The van der Waals surface area contributed by atoms with Gasteiger partial charge in [0.05, 0.1) is 11.6 Å². The molecule has 0 radical (unpaired) electrons. The van der Waals surface area contributed by atoms with E-state index < -0.39 is 0 Å². The summed E-state index contributed by atoms with van der Waals surface area (Å²) in [5.74, 6) is 1.13. The lowest BCUT2D eigenvalue weighted by Crippen LogP contribution is -2.20. The molecule has 3 aromatic rings. The van der Waals surface area contributed by atoms with Crippen LogP contribution in [-0.4, -0.2) is 19.6 Å². The van der Waals surface area contributed by atoms with Crippen LogP contribution in [-0.2, 0) is 11.3 Å². The van der Waals surface area contributed by atoms with Crippen molar-refractivity contribution in [3.05, 3.63) is 82.3 Å². The third kappa shape index (κ3) is 6.26. The predicted molar refractivity (Wildman–Crippen MR) is 120 cm³/mol. The van der Waals surface area contributed by atoms with Gasteiger partial charge in [-0.15, -0.1) is 0 Å². The molecule has 0 bridgehead atoms. The fourth-order valence-electron chi connectivity index (χ4n) is 2.66. The number of methoxy groups -OCH3 is 1. The van der Waals surface area contributed by atoms with Crippen LogP contribution in [0.15, 0.2) is 71.2 Å². The van der Waals surface area contributed by atoms with Gasteiger partial charge in [0.1, 0.15) is 11.5 Å². The molecule has 0 atom stereocenters. The molecule has 6 heteroatoms. The van der Waals surface area contributed by atoms with Gasteiger partial charge in [-0.3, -0.25) is 4.79 Å². The number of carbonyl (C=O) groups excluding carboxylic acids is 1. The fourth-order valence-corrected chi connectivity index (χ4v) is 3.20. The summed E-state index contributed by atoms with van der Waals surface area (Å²) in [5, 5.41) is 6.18. The largest absolute Gasteiger partial charge is 0.497 e. The molecule has 0 aromatic heterocycles. The van der Waals surface area contributed by atoms with E-state index in [1.54, 1.807) is 31.4 Å². The number of hydrogen-bond donors (Lipinski definition) is 2. The highest BCUT2D eigenvalue weighted by Gasteiger charge is 2.07. The highest BCUT2D eigenvalue weighted by Crippen LogP contribution is 2.26. The molecule has 0 fully saturated rings. The van der Waals surface area contributed by atoms with Crippen molar-refractivity contribution in [2.24, 2.45) is 0 Å². The number of nitrogens with one attached hydrogen (secondary N) is 2. The van der Waals surface area contributed by atoms with Crippen LogP contribution in [0.4, 0.5) is 11.4 Å². The van der Waals surface area contributed by atoms with E-state index in [0.29, 0.717) is 18.0 Å². The Morgan fingerprint density at radius 1 is 0.966 bits per heavy atom. The maximum absolute atomic E-state index is 12.1. The van der Waals surface area contributed by atoms with Crippen LogP contribution in [0.2, 0.25) is 0 Å². The number of halogens is 1. The zero-order valence-electron chi connectivity index (χ0n) is 16.4. The van der Waals surface area contributed by atoms with Gasteiger partial charge >= 0.3 is 0 Å². The number of amides is 1. The first-order valence-electron chi connectivity index (χ1n) is 9.19. The molecule has 2 N–H and O–H groups in total. The molecule has 0 saturated carbocycles. The zero-order valence-corrected chi connectivity index (χ0v) is 18.0. The van der Waals surface area contributed by atoms with E-state index in [1.807, 2.05) is 18.2 Å². The van der Waals surface area contributed by atoms with E-state index in [4.69, 9.17) is 9.47 Å². The second-order valence-corrected chi connectivity index (χ2v) is 7.40.